The number of carbonyl (C=O) groups is 2. The molecule has 1 aliphatic rings. The third kappa shape index (κ3) is 4.00. The summed E-state index contributed by atoms with van der Waals surface area (Å²) < 4.78 is 0. The van der Waals surface area contributed by atoms with Crippen LogP contribution in [0.4, 0.5) is 4.79 Å². The molecule has 26 heavy (non-hydrogen) atoms. The summed E-state index contributed by atoms with van der Waals surface area (Å²) in [5, 5.41) is 9.46. The van der Waals surface area contributed by atoms with Crippen molar-refractivity contribution in [1.29, 1.82) is 5.26 Å². The molecule has 0 unspecified atom stereocenters. The lowest BCUT2D eigenvalue weighted by atomic mass is 10.0. The Kier molecular flexibility index (Phi) is 5.49. The Morgan fingerprint density at radius 3 is 2.65 bits per heavy atom. The maximum absolute atomic E-state index is 12.6. The molecule has 0 aliphatic carbocycles. The van der Waals surface area contributed by atoms with Crippen LogP contribution in [0.1, 0.15) is 17.5 Å². The molecule has 1 aromatic carbocycles. The number of carbonyl (C=O) groups excluding carboxylic acids is 2. The van der Waals surface area contributed by atoms with E-state index >= 15 is 0 Å². The van der Waals surface area contributed by atoms with Crippen molar-refractivity contribution in [2.75, 3.05) is 12.8 Å². The van der Waals surface area contributed by atoms with E-state index in [9.17, 15) is 9.59 Å². The second-order valence-electron chi connectivity index (χ2n) is 5.91. The van der Waals surface area contributed by atoms with Crippen LogP contribution in [0.15, 0.2) is 47.9 Å². The molecule has 0 N–H and O–H groups in total. The zero-order chi connectivity index (χ0) is 18.5. The van der Waals surface area contributed by atoms with Gasteiger partial charge in [0.05, 0.1) is 17.7 Å². The maximum Gasteiger partial charge on any atom is 0.327 e. The van der Waals surface area contributed by atoms with Crippen molar-refractivity contribution in [3.63, 3.8) is 0 Å². The van der Waals surface area contributed by atoms with Crippen molar-refractivity contribution in [2.45, 2.75) is 24.2 Å². The third-order valence-corrected chi connectivity index (χ3v) is 5.05. The molecule has 3 rings (SSSR count). The van der Waals surface area contributed by atoms with Crippen LogP contribution in [0, 0.1) is 11.3 Å². The van der Waals surface area contributed by atoms with Gasteiger partial charge < -0.3 is 4.90 Å². The molecule has 2 aromatic rings. The van der Waals surface area contributed by atoms with Crippen LogP contribution in [-0.2, 0) is 11.3 Å². The second kappa shape index (κ2) is 7.97. The van der Waals surface area contributed by atoms with Gasteiger partial charge in [0.2, 0.25) is 5.91 Å². The molecule has 7 nitrogen and oxygen atoms in total. The van der Waals surface area contributed by atoms with Crippen LogP contribution in [0.2, 0.25) is 0 Å². The quantitative estimate of drug-likeness (QED) is 0.457. The molecule has 8 heteroatoms. The number of amides is 3. The van der Waals surface area contributed by atoms with E-state index in [1.807, 2.05) is 0 Å². The van der Waals surface area contributed by atoms with Crippen molar-refractivity contribution in [3.05, 3.63) is 53.9 Å². The van der Waals surface area contributed by atoms with E-state index in [4.69, 9.17) is 5.26 Å². The SMILES string of the molecule is CN(Cc1ccc(C#N)cc1)C(=O)N1C(=O)C[C@@H]1CSc1ncccn1. The maximum atomic E-state index is 12.6. The van der Waals surface area contributed by atoms with E-state index in [2.05, 4.69) is 16.0 Å². The fourth-order valence-electron chi connectivity index (χ4n) is 2.62. The standard InChI is InChI=1S/C18H17N5O2S/c1-22(11-14-5-3-13(10-19)4-6-14)18(25)23-15(9-16(23)24)12-26-17-20-7-2-8-21-17/h2-8,15H,9,11-12H2,1H3/t15-/m1/s1. The van der Waals surface area contributed by atoms with Crippen molar-refractivity contribution in [1.82, 2.24) is 19.8 Å². The molecule has 0 saturated carbocycles. The first-order chi connectivity index (χ1) is 12.6. The molecule has 1 aromatic heterocycles. The number of urea groups is 1. The first-order valence-corrected chi connectivity index (χ1v) is 9.03. The van der Waals surface area contributed by atoms with Gasteiger partial charge in [0.1, 0.15) is 0 Å². The smallest absolute Gasteiger partial charge is 0.323 e. The van der Waals surface area contributed by atoms with Gasteiger partial charge in [0, 0.05) is 38.2 Å². The fraction of sp³-hybridized carbons (Fsp3) is 0.278. The summed E-state index contributed by atoms with van der Waals surface area (Å²) in [4.78, 5) is 35.6. The Morgan fingerprint density at radius 2 is 2.04 bits per heavy atom. The monoisotopic (exact) mass is 367 g/mol. The van der Waals surface area contributed by atoms with Gasteiger partial charge in [-0.15, -0.1) is 0 Å². The minimum absolute atomic E-state index is 0.146. The average molecular weight is 367 g/mol. The number of hydrogen-bond donors (Lipinski definition) is 0. The van der Waals surface area contributed by atoms with E-state index in [-0.39, 0.29) is 18.0 Å². The van der Waals surface area contributed by atoms with Crippen molar-refractivity contribution in [2.24, 2.45) is 0 Å². The number of likely N-dealkylation sites (tertiary alicyclic amines) is 1. The summed E-state index contributed by atoms with van der Waals surface area (Å²) in [6, 6.07) is 10.4. The predicted molar refractivity (Wildman–Crippen MR) is 96.0 cm³/mol. The Labute approximate surface area is 155 Å². The highest BCUT2D eigenvalue weighted by molar-refractivity contribution is 7.99. The highest BCUT2D eigenvalue weighted by atomic mass is 32.2. The van der Waals surface area contributed by atoms with Crippen molar-refractivity contribution in [3.8, 4) is 6.07 Å². The topological polar surface area (TPSA) is 90.2 Å². The van der Waals surface area contributed by atoms with Gasteiger partial charge in [-0.1, -0.05) is 23.9 Å². The average Bonchev–Trinajstić information content (AvgIpc) is 2.66. The molecular weight excluding hydrogens is 350 g/mol. The minimum atomic E-state index is -0.315. The van der Waals surface area contributed by atoms with Crippen molar-refractivity contribution < 1.29 is 9.59 Å². The van der Waals surface area contributed by atoms with Gasteiger partial charge in [-0.05, 0) is 23.8 Å². The number of β-lactam (4-membered cyclic amide) rings is 1. The van der Waals surface area contributed by atoms with Gasteiger partial charge in [-0.25, -0.2) is 14.8 Å². The van der Waals surface area contributed by atoms with Gasteiger partial charge in [-0.3, -0.25) is 9.69 Å². The zero-order valence-electron chi connectivity index (χ0n) is 14.2. The molecule has 1 fully saturated rings. The van der Waals surface area contributed by atoms with Crippen LogP contribution < -0.4 is 0 Å². The molecule has 0 radical (unpaired) electrons. The van der Waals surface area contributed by atoms with E-state index in [0.717, 1.165) is 5.56 Å². The first-order valence-electron chi connectivity index (χ1n) is 8.04. The summed E-state index contributed by atoms with van der Waals surface area (Å²) >= 11 is 1.43. The van der Waals surface area contributed by atoms with E-state index < -0.39 is 0 Å². The molecule has 3 amide bonds. The number of nitriles is 1. The number of aromatic nitrogens is 2. The Hall–Kier alpha value is -2.92. The summed E-state index contributed by atoms with van der Waals surface area (Å²) in [5.74, 6) is 0.410. The molecule has 0 spiro atoms. The highest BCUT2D eigenvalue weighted by Gasteiger charge is 2.42. The Bertz CT molecular complexity index is 835. The van der Waals surface area contributed by atoms with Crippen LogP contribution >= 0.6 is 11.8 Å². The van der Waals surface area contributed by atoms with Crippen LogP contribution in [0.25, 0.3) is 0 Å². The normalized spacial score (nSPS) is 15.9. The lowest BCUT2D eigenvalue weighted by molar-refractivity contribution is -0.140. The molecule has 1 atom stereocenters. The van der Waals surface area contributed by atoms with Crippen molar-refractivity contribution >= 4 is 23.7 Å². The van der Waals surface area contributed by atoms with Crippen LogP contribution in [0.5, 0.6) is 0 Å². The summed E-state index contributed by atoms with van der Waals surface area (Å²) in [7, 11) is 1.66. The molecular formula is C18H17N5O2S. The minimum Gasteiger partial charge on any atom is -0.323 e. The Balaban J connectivity index is 1.57. The lowest BCUT2D eigenvalue weighted by Gasteiger charge is -2.40. The molecule has 0 bridgehead atoms. The number of nitrogens with zero attached hydrogens (tertiary/aromatic N) is 5. The number of benzene rings is 1. The van der Waals surface area contributed by atoms with Crippen LogP contribution in [0.3, 0.4) is 0 Å². The zero-order valence-corrected chi connectivity index (χ0v) is 15.0. The third-order valence-electron chi connectivity index (χ3n) is 4.03. The number of rotatable bonds is 5. The molecule has 1 aliphatic heterocycles. The van der Waals surface area contributed by atoms with Gasteiger partial charge in [0.25, 0.3) is 0 Å². The second-order valence-corrected chi connectivity index (χ2v) is 6.90. The van der Waals surface area contributed by atoms with Gasteiger partial charge >= 0.3 is 6.03 Å². The lowest BCUT2D eigenvalue weighted by Crippen LogP contribution is -2.59. The summed E-state index contributed by atoms with van der Waals surface area (Å²) in [5.41, 5.74) is 1.47. The highest BCUT2D eigenvalue weighted by Crippen LogP contribution is 2.26. The fourth-order valence-corrected chi connectivity index (χ4v) is 3.50. The Morgan fingerprint density at radius 1 is 1.35 bits per heavy atom. The first kappa shape index (κ1) is 17.9. The van der Waals surface area contributed by atoms with Crippen LogP contribution in [-0.4, -0.2) is 50.5 Å². The molecule has 132 valence electrons. The number of imide groups is 1. The number of hydrogen-bond acceptors (Lipinski definition) is 6. The largest absolute Gasteiger partial charge is 0.327 e. The number of thioether (sulfide) groups is 1. The van der Waals surface area contributed by atoms with E-state index in [1.165, 1.54) is 21.6 Å². The van der Waals surface area contributed by atoms with Gasteiger partial charge in [-0.2, -0.15) is 5.26 Å². The molecule has 1 saturated heterocycles. The molecule has 2 heterocycles. The van der Waals surface area contributed by atoms with E-state index in [1.54, 1.807) is 49.8 Å². The summed E-state index contributed by atoms with van der Waals surface area (Å²) in [6.45, 7) is 0.371. The summed E-state index contributed by atoms with van der Waals surface area (Å²) in [6.07, 6.45) is 3.68. The van der Waals surface area contributed by atoms with E-state index in [0.29, 0.717) is 29.4 Å². The predicted octanol–water partition coefficient (Wildman–Crippen LogP) is 2.29. The van der Waals surface area contributed by atoms with Gasteiger partial charge in [0.15, 0.2) is 5.16 Å².